The Morgan fingerprint density at radius 2 is 1.81 bits per heavy atom. The largest absolute Gasteiger partial charge is 0.459 e. The molecule has 0 saturated carbocycles. The molecule has 3 aromatic heterocycles. The second kappa shape index (κ2) is 8.81. The number of carbonyl (C=O) groups is 2. The Morgan fingerprint density at radius 3 is 2.56 bits per heavy atom. The van der Waals surface area contributed by atoms with Crippen LogP contribution in [0.25, 0.3) is 5.82 Å². The first-order chi connectivity index (χ1) is 15.7. The third-order valence-corrected chi connectivity index (χ3v) is 6.08. The third kappa shape index (κ3) is 4.08. The maximum atomic E-state index is 13.2. The Hall–Kier alpha value is -3.69. The minimum Gasteiger partial charge on any atom is -0.459 e. The van der Waals surface area contributed by atoms with E-state index in [0.717, 1.165) is 25.2 Å². The van der Waals surface area contributed by atoms with Crippen LogP contribution in [-0.4, -0.2) is 80.6 Å². The molecule has 5 rings (SSSR count). The average Bonchev–Trinajstić information content (AvgIpc) is 3.58. The summed E-state index contributed by atoms with van der Waals surface area (Å²) in [5, 5.41) is 4.23. The molecule has 0 bridgehead atoms. The van der Waals surface area contributed by atoms with Gasteiger partial charge in [-0.3, -0.25) is 9.59 Å². The Morgan fingerprint density at radius 1 is 1.00 bits per heavy atom. The molecule has 0 radical (unpaired) electrons. The highest BCUT2D eigenvalue weighted by Gasteiger charge is 2.33. The summed E-state index contributed by atoms with van der Waals surface area (Å²) in [6.45, 7) is 3.59. The molecule has 0 N–H and O–H groups in total. The fourth-order valence-electron chi connectivity index (χ4n) is 4.37. The summed E-state index contributed by atoms with van der Waals surface area (Å²) in [6, 6.07) is 7.12. The fraction of sp³-hybridized carbons (Fsp3) is 0.409. The molecule has 2 saturated heterocycles. The monoisotopic (exact) mass is 435 g/mol. The molecule has 0 spiro atoms. The molecular formula is C22H25N7O3. The molecular weight excluding hydrogens is 410 g/mol. The number of carbonyl (C=O) groups excluding carboxylic acids is 2. The number of nitrogens with zero attached hydrogens (tertiary/aromatic N) is 7. The van der Waals surface area contributed by atoms with E-state index < -0.39 is 0 Å². The molecule has 5 heterocycles. The van der Waals surface area contributed by atoms with E-state index >= 15 is 0 Å². The quantitative estimate of drug-likeness (QED) is 0.611. The van der Waals surface area contributed by atoms with Crippen molar-refractivity contribution in [3.8, 4) is 5.82 Å². The topological polar surface area (TPSA) is 101 Å². The van der Waals surface area contributed by atoms with Crippen molar-refractivity contribution in [3.05, 3.63) is 55.0 Å². The van der Waals surface area contributed by atoms with Crippen molar-refractivity contribution in [2.45, 2.75) is 12.8 Å². The molecule has 2 fully saturated rings. The molecule has 2 amide bonds. The van der Waals surface area contributed by atoms with Crippen molar-refractivity contribution >= 4 is 17.6 Å². The molecule has 32 heavy (non-hydrogen) atoms. The summed E-state index contributed by atoms with van der Waals surface area (Å²) in [5.74, 6) is 1.79. The first kappa shape index (κ1) is 20.2. The standard InChI is InChI=1S/C22H25N7O3/c30-21(26-9-11-27(12-10-26)22(31)18-5-2-13-32-18)17-4-1-7-28(15-17)19-14-20(24-16-23-19)29-8-3-6-25-29/h2-3,5-6,8,13-14,16-17H,1,4,7,9-12,15H2. The van der Waals surface area contributed by atoms with Gasteiger partial charge in [0.25, 0.3) is 5.91 Å². The van der Waals surface area contributed by atoms with Crippen LogP contribution in [0.4, 0.5) is 5.82 Å². The van der Waals surface area contributed by atoms with Gasteiger partial charge >= 0.3 is 0 Å². The molecule has 166 valence electrons. The smallest absolute Gasteiger partial charge is 0.289 e. The summed E-state index contributed by atoms with van der Waals surface area (Å²) in [5.41, 5.74) is 0. The van der Waals surface area contributed by atoms with E-state index in [9.17, 15) is 9.59 Å². The number of aromatic nitrogens is 4. The van der Waals surface area contributed by atoms with Crippen molar-refractivity contribution < 1.29 is 14.0 Å². The van der Waals surface area contributed by atoms with Crippen LogP contribution in [0.15, 0.2) is 53.7 Å². The van der Waals surface area contributed by atoms with Crippen LogP contribution in [0, 0.1) is 5.92 Å². The van der Waals surface area contributed by atoms with E-state index in [2.05, 4.69) is 20.0 Å². The molecule has 3 aromatic rings. The summed E-state index contributed by atoms with van der Waals surface area (Å²) in [6.07, 6.45) is 8.36. The van der Waals surface area contributed by atoms with Crippen LogP contribution in [0.3, 0.4) is 0 Å². The second-order valence-electron chi connectivity index (χ2n) is 8.06. The van der Waals surface area contributed by atoms with Crippen molar-refractivity contribution in [2.24, 2.45) is 5.92 Å². The van der Waals surface area contributed by atoms with Crippen molar-refractivity contribution in [1.82, 2.24) is 29.5 Å². The van der Waals surface area contributed by atoms with E-state index in [4.69, 9.17) is 4.42 Å². The molecule has 2 aliphatic heterocycles. The number of anilines is 1. The maximum Gasteiger partial charge on any atom is 0.289 e. The maximum absolute atomic E-state index is 13.2. The van der Waals surface area contributed by atoms with Crippen molar-refractivity contribution in [3.63, 3.8) is 0 Å². The number of furan rings is 1. The lowest BCUT2D eigenvalue weighted by atomic mass is 9.96. The Labute approximate surface area is 185 Å². The molecule has 2 aliphatic rings. The van der Waals surface area contributed by atoms with E-state index in [1.165, 1.54) is 12.6 Å². The lowest BCUT2D eigenvalue weighted by Crippen LogP contribution is -2.53. The van der Waals surface area contributed by atoms with Gasteiger partial charge in [-0.05, 0) is 31.0 Å². The zero-order valence-corrected chi connectivity index (χ0v) is 17.7. The summed E-state index contributed by atoms with van der Waals surface area (Å²) >= 11 is 0. The number of hydrogen-bond acceptors (Lipinski definition) is 7. The Bertz CT molecular complexity index is 1060. The van der Waals surface area contributed by atoms with Crippen LogP contribution in [-0.2, 0) is 4.79 Å². The number of piperazine rings is 1. The molecule has 1 unspecified atom stereocenters. The van der Waals surface area contributed by atoms with Crippen LogP contribution in [0.5, 0.6) is 0 Å². The van der Waals surface area contributed by atoms with E-state index in [0.29, 0.717) is 44.3 Å². The molecule has 1 atom stereocenters. The minimum atomic E-state index is -0.123. The highest BCUT2D eigenvalue weighted by molar-refractivity contribution is 5.91. The van der Waals surface area contributed by atoms with Gasteiger partial charge in [-0.25, -0.2) is 14.6 Å². The molecule has 0 aliphatic carbocycles. The van der Waals surface area contributed by atoms with Gasteiger partial charge in [0, 0.05) is 57.7 Å². The zero-order valence-electron chi connectivity index (χ0n) is 17.7. The highest BCUT2D eigenvalue weighted by atomic mass is 16.3. The predicted octanol–water partition coefficient (Wildman–Crippen LogP) is 1.46. The lowest BCUT2D eigenvalue weighted by molar-refractivity contribution is -0.137. The number of amides is 2. The minimum absolute atomic E-state index is 0.0841. The Balaban J connectivity index is 1.20. The highest BCUT2D eigenvalue weighted by Crippen LogP contribution is 2.24. The predicted molar refractivity (Wildman–Crippen MR) is 115 cm³/mol. The lowest BCUT2D eigenvalue weighted by Gasteiger charge is -2.39. The van der Waals surface area contributed by atoms with Gasteiger partial charge in [0.15, 0.2) is 11.6 Å². The van der Waals surface area contributed by atoms with E-state index in [1.54, 1.807) is 27.9 Å². The van der Waals surface area contributed by atoms with E-state index in [-0.39, 0.29) is 17.7 Å². The first-order valence-electron chi connectivity index (χ1n) is 10.9. The zero-order chi connectivity index (χ0) is 21.9. The molecule has 10 nitrogen and oxygen atoms in total. The average molecular weight is 435 g/mol. The second-order valence-corrected chi connectivity index (χ2v) is 8.06. The van der Waals surface area contributed by atoms with Crippen LogP contribution >= 0.6 is 0 Å². The summed E-state index contributed by atoms with van der Waals surface area (Å²) < 4.78 is 6.91. The number of piperidine rings is 1. The number of hydrogen-bond donors (Lipinski definition) is 0. The van der Waals surface area contributed by atoms with Gasteiger partial charge in [-0.15, -0.1) is 0 Å². The third-order valence-electron chi connectivity index (χ3n) is 6.08. The van der Waals surface area contributed by atoms with Gasteiger partial charge in [-0.2, -0.15) is 5.10 Å². The SMILES string of the molecule is O=C(c1ccco1)N1CCN(C(=O)C2CCCN(c3cc(-n4cccn4)ncn3)C2)CC1. The fourth-order valence-corrected chi connectivity index (χ4v) is 4.37. The molecule has 0 aromatic carbocycles. The van der Waals surface area contributed by atoms with Gasteiger partial charge in [0.2, 0.25) is 5.91 Å². The van der Waals surface area contributed by atoms with Crippen LogP contribution < -0.4 is 4.90 Å². The Kier molecular flexibility index (Phi) is 5.57. The summed E-state index contributed by atoms with van der Waals surface area (Å²) in [7, 11) is 0. The van der Waals surface area contributed by atoms with Crippen molar-refractivity contribution in [2.75, 3.05) is 44.2 Å². The summed E-state index contributed by atoms with van der Waals surface area (Å²) in [4.78, 5) is 40.2. The van der Waals surface area contributed by atoms with Crippen LogP contribution in [0.1, 0.15) is 23.4 Å². The number of rotatable bonds is 4. The van der Waals surface area contributed by atoms with Gasteiger partial charge < -0.3 is 19.1 Å². The normalized spacial score (nSPS) is 19.2. The van der Waals surface area contributed by atoms with Crippen molar-refractivity contribution in [1.29, 1.82) is 0 Å². The van der Waals surface area contributed by atoms with Crippen LogP contribution in [0.2, 0.25) is 0 Å². The molecule has 10 heteroatoms. The van der Waals surface area contributed by atoms with Gasteiger partial charge in [-0.1, -0.05) is 0 Å². The van der Waals surface area contributed by atoms with Gasteiger partial charge in [0.1, 0.15) is 12.1 Å². The first-order valence-corrected chi connectivity index (χ1v) is 10.9. The van der Waals surface area contributed by atoms with E-state index in [1.807, 2.05) is 23.2 Å². The van der Waals surface area contributed by atoms with Gasteiger partial charge in [0.05, 0.1) is 12.2 Å².